The van der Waals surface area contributed by atoms with Crippen LogP contribution in [0.2, 0.25) is 0 Å². The number of benzene rings is 9. The Morgan fingerprint density at radius 3 is 1.46 bits per heavy atom. The average Bonchev–Trinajstić information content (AvgIpc) is 3.79. The van der Waals surface area contributed by atoms with Crippen LogP contribution in [0.1, 0.15) is 0 Å². The van der Waals surface area contributed by atoms with Crippen molar-refractivity contribution in [2.75, 3.05) is 40.9 Å². The zero-order valence-corrected chi connectivity index (χ0v) is 38.2. The second-order valence-electron chi connectivity index (χ2n) is 19.5. The Bertz CT molecular complexity index is 4150. The van der Waals surface area contributed by atoms with Crippen LogP contribution < -0.4 is 71.4 Å². The molecule has 0 spiro atoms. The normalized spacial score (nSPS) is 15.2. The number of nitrogens with one attached hydrogen (secondary N) is 4. The summed E-state index contributed by atoms with van der Waals surface area (Å²) in [6.45, 7) is 0.0795. The predicted octanol–water partition coefficient (Wildman–Crippen LogP) is 10.8. The molecule has 0 amide bonds. The third kappa shape index (κ3) is 3.87. The van der Waals surface area contributed by atoms with Gasteiger partial charge in [-0.25, -0.2) is 0 Å². The zero-order valence-electron chi connectivity index (χ0n) is 36.5. The van der Waals surface area contributed by atoms with E-state index in [1.54, 1.807) is 0 Å². The maximum atomic E-state index is 4.05. The van der Waals surface area contributed by atoms with Crippen molar-refractivity contribution in [1.29, 1.82) is 0 Å². The quantitative estimate of drug-likeness (QED) is 0.128. The first-order chi connectivity index (χ1) is 34.2. The van der Waals surface area contributed by atoms with Crippen molar-refractivity contribution in [3.63, 3.8) is 0 Å². The molecule has 9 aliphatic rings. The third-order valence-corrected chi connectivity index (χ3v) is 19.1. The summed E-state index contributed by atoms with van der Waals surface area (Å²) in [6, 6.07) is 63.6. The molecule has 11 heteroatoms. The molecular weight excluding hydrogens is 909 g/mol. The van der Waals surface area contributed by atoms with E-state index in [1.165, 1.54) is 127 Å². The number of rotatable bonds is 2. The molecular formula is C58H32B2N8Se. The second kappa shape index (κ2) is 11.6. The molecule has 0 saturated heterocycles. The van der Waals surface area contributed by atoms with E-state index in [1.807, 2.05) is 0 Å². The molecule has 8 nitrogen and oxygen atoms in total. The van der Waals surface area contributed by atoms with Gasteiger partial charge in [0.1, 0.15) is 0 Å². The number of fused-ring (bicyclic) bond motifs is 9. The van der Waals surface area contributed by atoms with Crippen molar-refractivity contribution in [2.24, 2.45) is 0 Å². The van der Waals surface area contributed by atoms with Crippen LogP contribution >= 0.6 is 0 Å². The van der Waals surface area contributed by atoms with Gasteiger partial charge in [0.2, 0.25) is 0 Å². The second-order valence-corrected chi connectivity index (χ2v) is 21.8. The number of hydrogen-bond donors (Lipinski definition) is 4. The monoisotopic (exact) mass is 942 g/mol. The van der Waals surface area contributed by atoms with Gasteiger partial charge >= 0.3 is 405 Å². The number of para-hydroxylation sites is 4. The average molecular weight is 942 g/mol. The fourth-order valence-electron chi connectivity index (χ4n) is 13.8. The van der Waals surface area contributed by atoms with E-state index in [0.717, 1.165) is 39.8 Å². The van der Waals surface area contributed by atoms with Gasteiger partial charge in [0.25, 0.3) is 0 Å². The van der Waals surface area contributed by atoms with E-state index < -0.39 is 0 Å². The standard InChI is InChI=1S/C58H32B2N8Se/c1-3-11-29(12-4-1)31-27-34-49-41(28-31)63-37-17-9-15-35-51(37)67(49)53-39(61-35)23-26-45-47(53)60(34)58-56-55-57(69-58)59-33-22-21-32(30-13-5-2-6-14-30)48-50(33)68-52-36(16-10-18-38(52)64-48)62-40-24-25-44(46(59)54(40)68)65(55)42-19-7-8-20-43(42)66(45)56/h1-28,61-64H. The van der Waals surface area contributed by atoms with Crippen molar-refractivity contribution in [3.8, 4) is 22.3 Å². The molecule has 4 N–H and O–H groups in total. The Hall–Kier alpha value is -8.49. The van der Waals surface area contributed by atoms with Crippen LogP contribution in [0.5, 0.6) is 0 Å². The fraction of sp³-hybridized carbons (Fsp3) is 0. The van der Waals surface area contributed by atoms with Gasteiger partial charge in [-0.05, 0) is 0 Å². The Morgan fingerprint density at radius 1 is 0.319 bits per heavy atom. The molecule has 0 aliphatic carbocycles. The zero-order chi connectivity index (χ0) is 44.1. The van der Waals surface area contributed by atoms with Crippen molar-refractivity contribution < 1.29 is 0 Å². The Kier molecular flexibility index (Phi) is 5.85. The summed E-state index contributed by atoms with van der Waals surface area (Å²) < 4.78 is 3.07. The maximum absolute atomic E-state index is 4.05. The predicted molar refractivity (Wildman–Crippen MR) is 289 cm³/mol. The van der Waals surface area contributed by atoms with Crippen molar-refractivity contribution in [2.45, 2.75) is 0 Å². The van der Waals surface area contributed by atoms with Gasteiger partial charge in [0.15, 0.2) is 0 Å². The topological polar surface area (TPSA) is 61.1 Å². The van der Waals surface area contributed by atoms with Crippen molar-refractivity contribution in [3.05, 3.63) is 170 Å². The van der Waals surface area contributed by atoms with Gasteiger partial charge in [-0.2, -0.15) is 0 Å². The van der Waals surface area contributed by atoms with Gasteiger partial charge in [0.05, 0.1) is 0 Å². The van der Waals surface area contributed by atoms with Gasteiger partial charge in [-0.15, -0.1) is 0 Å². The molecule has 19 rings (SSSR count). The summed E-state index contributed by atoms with van der Waals surface area (Å²) in [4.78, 5) is 10.6. The van der Waals surface area contributed by atoms with Gasteiger partial charge < -0.3 is 0 Å². The Balaban J connectivity index is 0.942. The van der Waals surface area contributed by atoms with E-state index in [-0.39, 0.29) is 27.9 Å². The van der Waals surface area contributed by atoms with E-state index in [2.05, 4.69) is 211 Å². The van der Waals surface area contributed by atoms with Crippen LogP contribution in [0.3, 0.4) is 0 Å². The molecule has 1 aromatic heterocycles. The Morgan fingerprint density at radius 2 is 0.841 bits per heavy atom. The molecule has 0 unspecified atom stereocenters. The molecule has 69 heavy (non-hydrogen) atoms. The molecule has 10 aromatic rings. The number of anilines is 20. The summed E-state index contributed by atoms with van der Waals surface area (Å²) >= 11 is -0.0507. The molecule has 0 fully saturated rings. The summed E-state index contributed by atoms with van der Waals surface area (Å²) in [5.74, 6) is 0. The molecule has 9 aliphatic heterocycles. The van der Waals surface area contributed by atoms with Crippen molar-refractivity contribution in [1.82, 2.24) is 0 Å². The van der Waals surface area contributed by atoms with Crippen LogP contribution in [0.15, 0.2) is 170 Å². The minimum atomic E-state index is -0.0507. The van der Waals surface area contributed by atoms with Gasteiger partial charge in [-0.1, -0.05) is 0 Å². The van der Waals surface area contributed by atoms with E-state index >= 15 is 0 Å². The summed E-state index contributed by atoms with van der Waals surface area (Å²) in [7, 11) is 0. The molecule has 10 heterocycles. The Labute approximate surface area is 403 Å². The first-order valence-electron chi connectivity index (χ1n) is 23.8. The number of nitrogens with zero attached hydrogens (tertiary/aromatic N) is 4. The van der Waals surface area contributed by atoms with Gasteiger partial charge in [0, 0.05) is 0 Å². The molecule has 0 saturated carbocycles. The SMILES string of the molecule is c1ccc(-c2cc3c4c(c2)B2c5[se]c6c7c5N(c5ccccc5N7c5ccc7c8c5B6c5ccc(-c6ccccc6)c6c5N8c5c(cccc5N6)N7)c5ccc6c(c52)N4c2c(cccc2N6)N3)cc1. The number of hydrogen-bond acceptors (Lipinski definition) is 8. The fourth-order valence-corrected chi connectivity index (χ4v) is 17.1. The first kappa shape index (κ1) is 34.8. The van der Waals surface area contributed by atoms with E-state index in [9.17, 15) is 0 Å². The molecule has 0 atom stereocenters. The minimum absolute atomic E-state index is 0.0345. The van der Waals surface area contributed by atoms with Crippen LogP contribution in [-0.4, -0.2) is 27.9 Å². The molecule has 0 radical (unpaired) electrons. The van der Waals surface area contributed by atoms with E-state index in [0.29, 0.717) is 0 Å². The first-order valence-corrected chi connectivity index (χ1v) is 25.6. The van der Waals surface area contributed by atoms with Crippen LogP contribution in [-0.2, 0) is 0 Å². The summed E-state index contributed by atoms with van der Waals surface area (Å²) in [5, 5.41) is 15.9. The van der Waals surface area contributed by atoms with Crippen molar-refractivity contribution >= 4 is 172 Å². The van der Waals surface area contributed by atoms with E-state index in [4.69, 9.17) is 0 Å². The van der Waals surface area contributed by atoms with Gasteiger partial charge in [-0.3, -0.25) is 0 Å². The summed E-state index contributed by atoms with van der Waals surface area (Å²) in [6.07, 6.45) is 0. The van der Waals surface area contributed by atoms with Crippen LogP contribution in [0, 0.1) is 0 Å². The summed E-state index contributed by atoms with van der Waals surface area (Å²) in [5.41, 5.74) is 34.7. The molecule has 0 bridgehead atoms. The molecule has 9 aromatic carbocycles. The molecule has 316 valence electrons. The van der Waals surface area contributed by atoms with Crippen LogP contribution in [0.25, 0.3) is 22.3 Å². The third-order valence-electron chi connectivity index (χ3n) is 16.3. The van der Waals surface area contributed by atoms with Crippen LogP contribution in [0.4, 0.5) is 114 Å².